The van der Waals surface area contributed by atoms with E-state index in [-0.39, 0.29) is 0 Å². The lowest BCUT2D eigenvalue weighted by atomic mass is 9.86. The topological polar surface area (TPSA) is 12.0 Å². The monoisotopic (exact) mass is 209 g/mol. The number of nitrogens with one attached hydrogen (secondary N) is 1. The molecule has 15 heavy (non-hydrogen) atoms. The van der Waals surface area contributed by atoms with Crippen LogP contribution in [0.25, 0.3) is 0 Å². The van der Waals surface area contributed by atoms with Crippen molar-refractivity contribution in [2.45, 2.75) is 65.8 Å². The molecule has 0 aliphatic heterocycles. The number of hydrogen-bond acceptors (Lipinski definition) is 1. The first-order chi connectivity index (χ1) is 6.99. The highest BCUT2D eigenvalue weighted by Gasteiger charge is 2.17. The van der Waals surface area contributed by atoms with Gasteiger partial charge in [-0.05, 0) is 37.6 Å². The van der Waals surface area contributed by atoms with Crippen molar-refractivity contribution in [2.24, 2.45) is 5.41 Å². The first-order valence-electron chi connectivity index (χ1n) is 6.16. The number of hydrogen-bond donors (Lipinski definition) is 1. The second-order valence-corrected chi connectivity index (χ2v) is 5.51. The molecule has 0 rings (SSSR count). The van der Waals surface area contributed by atoms with Gasteiger partial charge in [-0.25, -0.2) is 0 Å². The summed E-state index contributed by atoms with van der Waals surface area (Å²) in [5, 5.41) is 3.62. The molecule has 1 atom stereocenters. The Morgan fingerprint density at radius 2 is 2.00 bits per heavy atom. The molecule has 1 unspecified atom stereocenters. The molecule has 0 bridgehead atoms. The molecule has 1 N–H and O–H groups in total. The largest absolute Gasteiger partial charge is 0.314 e. The molecule has 0 heterocycles. The fourth-order valence-corrected chi connectivity index (χ4v) is 1.81. The Labute approximate surface area is 96.0 Å². The van der Waals surface area contributed by atoms with Crippen LogP contribution < -0.4 is 5.32 Å². The fourth-order valence-electron chi connectivity index (χ4n) is 1.81. The molecule has 0 aliphatic carbocycles. The van der Waals surface area contributed by atoms with Crippen LogP contribution in [0.4, 0.5) is 0 Å². The number of unbranched alkanes of at least 4 members (excludes halogenated alkanes) is 1. The van der Waals surface area contributed by atoms with E-state index in [1.54, 1.807) is 0 Å². The van der Waals surface area contributed by atoms with Gasteiger partial charge in [0.25, 0.3) is 0 Å². The van der Waals surface area contributed by atoms with E-state index in [2.05, 4.69) is 38.9 Å². The van der Waals surface area contributed by atoms with Crippen molar-refractivity contribution >= 4 is 0 Å². The second-order valence-electron chi connectivity index (χ2n) is 5.51. The Balaban J connectivity index is 3.90. The maximum atomic E-state index is 5.27. The van der Waals surface area contributed by atoms with Crippen molar-refractivity contribution in [1.82, 2.24) is 5.32 Å². The normalized spacial score (nSPS) is 13.5. The Hall–Kier alpha value is -0.480. The van der Waals surface area contributed by atoms with Gasteiger partial charge in [-0.15, -0.1) is 12.3 Å². The Bertz CT molecular complexity index is 182. The van der Waals surface area contributed by atoms with E-state index < -0.39 is 0 Å². The van der Waals surface area contributed by atoms with Crippen LogP contribution in [-0.4, -0.2) is 12.6 Å². The molecule has 0 aromatic rings. The summed E-state index contributed by atoms with van der Waals surface area (Å²) in [6.07, 6.45) is 11.0. The minimum absolute atomic E-state index is 0.404. The maximum Gasteiger partial charge on any atom is 0.00866 e. The molecule has 88 valence electrons. The molecule has 0 aromatic carbocycles. The SMILES string of the molecule is C#CCCCC(CC(C)(C)C)NCCC. The predicted molar refractivity (Wildman–Crippen MR) is 68.8 cm³/mol. The highest BCUT2D eigenvalue weighted by atomic mass is 14.9. The maximum absolute atomic E-state index is 5.27. The van der Waals surface area contributed by atoms with Gasteiger partial charge in [0.1, 0.15) is 0 Å². The van der Waals surface area contributed by atoms with Crippen LogP contribution >= 0.6 is 0 Å². The molecule has 0 aromatic heterocycles. The van der Waals surface area contributed by atoms with Crippen LogP contribution in [0, 0.1) is 17.8 Å². The number of terminal acetylenes is 1. The lowest BCUT2D eigenvalue weighted by Gasteiger charge is -2.26. The highest BCUT2D eigenvalue weighted by Crippen LogP contribution is 2.23. The van der Waals surface area contributed by atoms with Gasteiger partial charge in [0, 0.05) is 12.5 Å². The van der Waals surface area contributed by atoms with Gasteiger partial charge in [0.05, 0.1) is 0 Å². The fraction of sp³-hybridized carbons (Fsp3) is 0.857. The number of rotatable bonds is 7. The average molecular weight is 209 g/mol. The Morgan fingerprint density at radius 3 is 2.47 bits per heavy atom. The minimum atomic E-state index is 0.404. The van der Waals surface area contributed by atoms with Gasteiger partial charge in [-0.2, -0.15) is 0 Å². The van der Waals surface area contributed by atoms with Crippen LogP contribution in [-0.2, 0) is 0 Å². The summed E-state index contributed by atoms with van der Waals surface area (Å²) in [6, 6.07) is 0.637. The summed E-state index contributed by atoms with van der Waals surface area (Å²) in [7, 11) is 0. The standard InChI is InChI=1S/C14H27N/c1-6-8-9-10-13(15-11-7-2)12-14(3,4)5/h1,13,15H,7-12H2,2-5H3. The summed E-state index contributed by atoms with van der Waals surface area (Å²) < 4.78 is 0. The van der Waals surface area contributed by atoms with Crippen molar-refractivity contribution in [3.63, 3.8) is 0 Å². The van der Waals surface area contributed by atoms with Gasteiger partial charge in [-0.1, -0.05) is 27.7 Å². The third kappa shape index (κ3) is 9.82. The van der Waals surface area contributed by atoms with Gasteiger partial charge in [0.15, 0.2) is 0 Å². The van der Waals surface area contributed by atoms with Crippen LogP contribution in [0.2, 0.25) is 0 Å². The highest BCUT2D eigenvalue weighted by molar-refractivity contribution is 4.84. The lowest BCUT2D eigenvalue weighted by molar-refractivity contribution is 0.296. The van der Waals surface area contributed by atoms with E-state index in [1.165, 1.54) is 19.3 Å². The zero-order valence-corrected chi connectivity index (χ0v) is 10.9. The molecular weight excluding hydrogens is 182 g/mol. The summed E-state index contributed by atoms with van der Waals surface area (Å²) in [4.78, 5) is 0. The molecule has 0 radical (unpaired) electrons. The first-order valence-corrected chi connectivity index (χ1v) is 6.16. The van der Waals surface area contributed by atoms with Crippen LogP contribution in [0.15, 0.2) is 0 Å². The summed E-state index contributed by atoms with van der Waals surface area (Å²) in [5.74, 6) is 2.71. The minimum Gasteiger partial charge on any atom is -0.314 e. The Kier molecular flexibility index (Phi) is 7.52. The molecule has 0 saturated heterocycles. The quantitative estimate of drug-likeness (QED) is 0.499. The van der Waals surface area contributed by atoms with Crippen molar-refractivity contribution in [2.75, 3.05) is 6.54 Å². The second kappa shape index (κ2) is 7.77. The molecule has 0 saturated carbocycles. The Morgan fingerprint density at radius 1 is 1.33 bits per heavy atom. The van der Waals surface area contributed by atoms with Gasteiger partial charge in [-0.3, -0.25) is 0 Å². The van der Waals surface area contributed by atoms with E-state index >= 15 is 0 Å². The predicted octanol–water partition coefficient (Wildman–Crippen LogP) is 3.59. The molecular formula is C14H27N. The van der Waals surface area contributed by atoms with E-state index in [0.717, 1.165) is 19.4 Å². The molecule has 0 aliphatic rings. The van der Waals surface area contributed by atoms with Gasteiger partial charge < -0.3 is 5.32 Å². The van der Waals surface area contributed by atoms with Gasteiger partial charge in [0.2, 0.25) is 0 Å². The van der Waals surface area contributed by atoms with Crippen molar-refractivity contribution in [3.8, 4) is 12.3 Å². The van der Waals surface area contributed by atoms with Crippen molar-refractivity contribution < 1.29 is 0 Å². The van der Waals surface area contributed by atoms with E-state index in [1.807, 2.05) is 0 Å². The lowest BCUT2D eigenvalue weighted by Crippen LogP contribution is -2.33. The summed E-state index contributed by atoms with van der Waals surface area (Å²) in [6.45, 7) is 10.2. The van der Waals surface area contributed by atoms with Crippen LogP contribution in [0.3, 0.4) is 0 Å². The molecule has 0 amide bonds. The molecule has 1 nitrogen and oxygen atoms in total. The van der Waals surface area contributed by atoms with E-state index in [4.69, 9.17) is 6.42 Å². The third-order valence-electron chi connectivity index (χ3n) is 2.42. The third-order valence-corrected chi connectivity index (χ3v) is 2.42. The van der Waals surface area contributed by atoms with Crippen molar-refractivity contribution in [3.05, 3.63) is 0 Å². The zero-order valence-electron chi connectivity index (χ0n) is 10.9. The average Bonchev–Trinajstić information content (AvgIpc) is 2.12. The van der Waals surface area contributed by atoms with E-state index in [9.17, 15) is 0 Å². The zero-order chi connectivity index (χ0) is 11.7. The van der Waals surface area contributed by atoms with Crippen LogP contribution in [0.5, 0.6) is 0 Å². The van der Waals surface area contributed by atoms with Crippen molar-refractivity contribution in [1.29, 1.82) is 0 Å². The first kappa shape index (κ1) is 14.5. The summed E-state index contributed by atoms with van der Waals surface area (Å²) >= 11 is 0. The molecule has 0 spiro atoms. The molecule has 1 heteroatoms. The smallest absolute Gasteiger partial charge is 0.00866 e. The van der Waals surface area contributed by atoms with Gasteiger partial charge >= 0.3 is 0 Å². The molecule has 0 fully saturated rings. The summed E-state index contributed by atoms with van der Waals surface area (Å²) in [5.41, 5.74) is 0.404. The van der Waals surface area contributed by atoms with E-state index in [0.29, 0.717) is 11.5 Å². The van der Waals surface area contributed by atoms with Crippen LogP contribution in [0.1, 0.15) is 59.8 Å².